The maximum atomic E-state index is 8.49. The van der Waals surface area contributed by atoms with Gasteiger partial charge in [-0.05, 0) is 12.1 Å². The summed E-state index contributed by atoms with van der Waals surface area (Å²) < 4.78 is 35.8. The molecule has 0 radical (unpaired) electrons. The smallest absolute Gasteiger partial charge is 0.222 e. The molecule has 0 saturated heterocycles. The molecule has 0 N–H and O–H groups in total. The van der Waals surface area contributed by atoms with Crippen molar-refractivity contribution in [1.29, 1.82) is 0 Å². The molecule has 90 valence electrons. The van der Waals surface area contributed by atoms with Crippen molar-refractivity contribution in [2.75, 3.05) is 0 Å². The molecule has 0 bridgehead atoms. The summed E-state index contributed by atoms with van der Waals surface area (Å²) in [6, 6.07) is 7.64. The van der Waals surface area contributed by atoms with E-state index >= 15 is 0 Å². The van der Waals surface area contributed by atoms with Crippen LogP contribution in [0.25, 0.3) is 5.95 Å². The van der Waals surface area contributed by atoms with Crippen molar-refractivity contribution in [3.05, 3.63) is 49.1 Å². The number of aromatic nitrogens is 3. The van der Waals surface area contributed by atoms with Gasteiger partial charge in [0.15, 0.2) is 0 Å². The number of halogens is 1. The van der Waals surface area contributed by atoms with Crippen LogP contribution in [-0.4, -0.2) is 9.97 Å². The van der Waals surface area contributed by atoms with Crippen molar-refractivity contribution in [2.45, 2.75) is 0 Å². The van der Waals surface area contributed by atoms with Crippen LogP contribution in [0.1, 0.15) is 0 Å². The molecule has 0 aliphatic heterocycles. The zero-order valence-electron chi connectivity index (χ0n) is 8.47. The van der Waals surface area contributed by atoms with Crippen molar-refractivity contribution in [3.8, 4) is 5.95 Å². The van der Waals surface area contributed by atoms with Crippen molar-refractivity contribution in [2.24, 2.45) is 0 Å². The van der Waals surface area contributed by atoms with Gasteiger partial charge in [0.1, 0.15) is 12.4 Å². The average Bonchev–Trinajstić information content (AvgIpc) is 2.29. The van der Waals surface area contributed by atoms with Crippen molar-refractivity contribution in [3.63, 3.8) is 0 Å². The van der Waals surface area contributed by atoms with Gasteiger partial charge in [0, 0.05) is 6.07 Å². The Kier molecular flexibility index (Phi) is 4.88. The lowest BCUT2D eigenvalue weighted by Crippen LogP contribution is -2.68. The van der Waals surface area contributed by atoms with E-state index in [1.54, 1.807) is 18.5 Å². The maximum Gasteiger partial charge on any atom is 0.437 e. The molecule has 0 aliphatic carbocycles. The van der Waals surface area contributed by atoms with E-state index in [2.05, 4.69) is 9.97 Å². The summed E-state index contributed by atoms with van der Waals surface area (Å²) in [5.41, 5.74) is 0. The lowest BCUT2D eigenvalue weighted by Gasteiger charge is -2.17. The van der Waals surface area contributed by atoms with E-state index in [4.69, 9.17) is 18.6 Å². The lowest BCUT2D eigenvalue weighted by molar-refractivity contribution is -2.00. The van der Waals surface area contributed by atoms with Gasteiger partial charge in [0.25, 0.3) is 0 Å². The first kappa shape index (κ1) is 13.4. The first-order valence-electron chi connectivity index (χ1n) is 4.32. The first-order valence-corrected chi connectivity index (χ1v) is 5.56. The van der Waals surface area contributed by atoms with Gasteiger partial charge in [0.05, 0.1) is 12.4 Å². The van der Waals surface area contributed by atoms with E-state index in [0.29, 0.717) is 5.95 Å². The summed E-state index contributed by atoms with van der Waals surface area (Å²) in [5.74, 6) is 0.693. The first-order chi connectivity index (χ1) is 7.97. The molecule has 0 fully saturated rings. The number of hydrogen-bond acceptors (Lipinski definition) is 6. The largest absolute Gasteiger partial charge is 0.437 e. The monoisotopic (exact) mass is 257 g/mol. The van der Waals surface area contributed by atoms with Crippen LogP contribution in [0.3, 0.4) is 0 Å². The van der Waals surface area contributed by atoms with Crippen molar-refractivity contribution >= 4 is 0 Å². The van der Waals surface area contributed by atoms with Crippen LogP contribution in [0.4, 0.5) is 0 Å². The Labute approximate surface area is 99.0 Å². The highest BCUT2D eigenvalue weighted by molar-refractivity contribution is 4.95. The zero-order chi connectivity index (χ0) is 12.7. The highest BCUT2D eigenvalue weighted by Crippen LogP contribution is 1.85. The minimum Gasteiger partial charge on any atom is -0.222 e. The molecule has 8 heteroatoms. The van der Waals surface area contributed by atoms with Crippen molar-refractivity contribution < 1.29 is 33.4 Å². The lowest BCUT2D eigenvalue weighted by atomic mass is 10.5. The van der Waals surface area contributed by atoms with Gasteiger partial charge >= 0.3 is 5.95 Å². The molecule has 0 atom stereocenters. The summed E-state index contributed by atoms with van der Waals surface area (Å²) in [5, 5.41) is 0. The van der Waals surface area contributed by atoms with E-state index in [1.807, 2.05) is 35.2 Å². The molecule has 0 saturated carbocycles. The molecule has 2 aromatic heterocycles. The van der Waals surface area contributed by atoms with E-state index in [0.717, 1.165) is 0 Å². The van der Waals surface area contributed by atoms with E-state index in [-0.39, 0.29) is 0 Å². The fourth-order valence-electron chi connectivity index (χ4n) is 0.957. The number of rotatable bonds is 1. The van der Waals surface area contributed by atoms with Crippen LogP contribution >= 0.6 is 0 Å². The summed E-state index contributed by atoms with van der Waals surface area (Å²) in [4.78, 5) is 8.20. The predicted molar refractivity (Wildman–Crippen MR) is 43.6 cm³/mol. The van der Waals surface area contributed by atoms with Crippen LogP contribution in [-0.2, 0) is 0 Å². The Hall–Kier alpha value is -1.64. The van der Waals surface area contributed by atoms with E-state index in [1.165, 1.54) is 0 Å². The van der Waals surface area contributed by atoms with Gasteiger partial charge in [-0.15, -0.1) is 10.2 Å². The van der Waals surface area contributed by atoms with Crippen LogP contribution in [0.5, 0.6) is 0 Å². The van der Waals surface area contributed by atoms with Gasteiger partial charge in [-0.1, -0.05) is 16.0 Å². The Bertz CT molecular complexity index is 391. The second kappa shape index (κ2) is 6.18. The van der Waals surface area contributed by atoms with E-state index in [9.17, 15) is 0 Å². The molecule has 2 heterocycles. The molecule has 7 nitrogen and oxygen atoms in total. The number of pyridine rings is 1. The summed E-state index contributed by atoms with van der Waals surface area (Å²) in [6.45, 7) is 0. The van der Waals surface area contributed by atoms with Crippen LogP contribution < -0.4 is 23.2 Å². The van der Waals surface area contributed by atoms with Crippen LogP contribution in [0.15, 0.2) is 49.1 Å². The van der Waals surface area contributed by atoms with Gasteiger partial charge in [-0.3, -0.25) is 0 Å². The predicted octanol–water partition coefficient (Wildman–Crippen LogP) is -4.00. The summed E-state index contributed by atoms with van der Waals surface area (Å²) in [6.07, 6.45) is 7.27. The van der Waals surface area contributed by atoms with E-state index < -0.39 is 10.2 Å². The van der Waals surface area contributed by atoms with Crippen LogP contribution in [0.2, 0.25) is 0 Å². The minimum absolute atomic E-state index is 0.693. The molecule has 2 aromatic rings. The second-order valence-corrected chi connectivity index (χ2v) is 3.47. The molecular formula is C9H8ClN3O4. The molecular weight excluding hydrogens is 250 g/mol. The molecule has 0 spiro atoms. The standard InChI is InChI=1S/C9H8N3.ClHO4/c1-2-7-12(8-3-1)9-10-5-4-6-11-9;2-1(3,4)5/h1-8H;(H,2,3,4,5)/q+1;/p-1. The fourth-order valence-corrected chi connectivity index (χ4v) is 0.957. The molecule has 0 aromatic carbocycles. The zero-order valence-corrected chi connectivity index (χ0v) is 9.23. The third-order valence-corrected chi connectivity index (χ3v) is 1.50. The summed E-state index contributed by atoms with van der Waals surface area (Å²) in [7, 11) is -4.94. The Morgan fingerprint density at radius 2 is 1.29 bits per heavy atom. The van der Waals surface area contributed by atoms with Gasteiger partial charge in [0.2, 0.25) is 0 Å². The molecule has 17 heavy (non-hydrogen) atoms. The maximum absolute atomic E-state index is 8.49. The SMILES string of the molecule is [O-][Cl+3]([O-])([O-])[O-].c1cc[n+](-c2ncccn2)cc1. The average molecular weight is 258 g/mol. The molecule has 0 aliphatic rings. The highest BCUT2D eigenvalue weighted by Gasteiger charge is 2.04. The second-order valence-electron chi connectivity index (χ2n) is 2.71. The Balaban J connectivity index is 0.000000249. The summed E-state index contributed by atoms with van der Waals surface area (Å²) >= 11 is 0. The quantitative estimate of drug-likeness (QED) is 0.480. The van der Waals surface area contributed by atoms with Crippen LogP contribution in [0, 0.1) is 10.2 Å². The molecule has 2 rings (SSSR count). The number of hydrogen-bond donors (Lipinski definition) is 0. The van der Waals surface area contributed by atoms with Gasteiger partial charge in [-0.2, -0.15) is 0 Å². The Morgan fingerprint density at radius 3 is 1.76 bits per heavy atom. The third-order valence-electron chi connectivity index (χ3n) is 1.50. The number of nitrogens with zero attached hydrogens (tertiary/aromatic N) is 3. The normalized spacial score (nSPS) is 10.4. The fraction of sp³-hybridized carbons (Fsp3) is 0. The third kappa shape index (κ3) is 6.51. The van der Waals surface area contributed by atoms with Gasteiger partial charge < -0.3 is 0 Å². The highest BCUT2D eigenvalue weighted by atomic mass is 35.7. The topological polar surface area (TPSA) is 122 Å². The van der Waals surface area contributed by atoms with Gasteiger partial charge in [-0.25, -0.2) is 23.2 Å². The molecule has 0 amide bonds. The van der Waals surface area contributed by atoms with Crippen molar-refractivity contribution in [1.82, 2.24) is 9.97 Å². The molecule has 0 unspecified atom stereocenters. The minimum atomic E-state index is -4.94. The Morgan fingerprint density at radius 1 is 0.824 bits per heavy atom.